The minimum Gasteiger partial charge on any atom is -0.494 e. The summed E-state index contributed by atoms with van der Waals surface area (Å²) in [5, 5.41) is 0. The Balaban J connectivity index is 1.51. The Morgan fingerprint density at radius 3 is 2.55 bits per heavy atom. The van der Waals surface area contributed by atoms with Crippen LogP contribution >= 0.6 is 0 Å². The number of alkyl halides is 3. The molecule has 1 atom stereocenters. The van der Waals surface area contributed by atoms with Gasteiger partial charge < -0.3 is 9.64 Å². The Kier molecular flexibility index (Phi) is 7.82. The molecular weight excluding hydrogens is 429 g/mol. The fourth-order valence-corrected chi connectivity index (χ4v) is 4.67. The van der Waals surface area contributed by atoms with E-state index in [9.17, 15) is 18.0 Å². The Hall–Kier alpha value is -2.02. The van der Waals surface area contributed by atoms with Gasteiger partial charge in [-0.15, -0.1) is 0 Å². The number of likely N-dealkylation sites (tertiary alicyclic amines) is 1. The Bertz CT molecular complexity index is 867. The molecule has 0 bridgehead atoms. The van der Waals surface area contributed by atoms with Crippen LogP contribution in [0.5, 0.6) is 5.75 Å². The summed E-state index contributed by atoms with van der Waals surface area (Å²) in [6.45, 7) is 11.9. The third-order valence-electron chi connectivity index (χ3n) is 6.29. The maximum Gasteiger partial charge on any atom is 0.389 e. The van der Waals surface area contributed by atoms with E-state index < -0.39 is 12.6 Å². The quantitative estimate of drug-likeness (QED) is 0.480. The van der Waals surface area contributed by atoms with E-state index in [1.54, 1.807) is 0 Å². The highest BCUT2D eigenvalue weighted by Crippen LogP contribution is 2.33. The number of hydrogen-bond donors (Lipinski definition) is 0. The molecule has 0 spiro atoms. The molecule has 4 nitrogen and oxygen atoms in total. The summed E-state index contributed by atoms with van der Waals surface area (Å²) in [5.41, 5.74) is 3.76. The van der Waals surface area contributed by atoms with E-state index in [-0.39, 0.29) is 30.3 Å². The number of rotatable bonds is 8. The van der Waals surface area contributed by atoms with E-state index in [1.165, 1.54) is 11.1 Å². The molecule has 2 aliphatic rings. The molecule has 1 heterocycles. The van der Waals surface area contributed by atoms with Crippen LogP contribution in [-0.2, 0) is 11.2 Å². The zero-order valence-corrected chi connectivity index (χ0v) is 20.5. The zero-order valence-electron chi connectivity index (χ0n) is 20.5. The number of hydrogen-bond acceptors (Lipinski definition) is 3. The van der Waals surface area contributed by atoms with E-state index in [4.69, 9.17) is 4.74 Å². The summed E-state index contributed by atoms with van der Waals surface area (Å²) in [7, 11) is 1.90. The smallest absolute Gasteiger partial charge is 0.389 e. The number of benzene rings is 1. The molecule has 1 fully saturated rings. The fourth-order valence-electron chi connectivity index (χ4n) is 4.67. The molecule has 33 heavy (non-hydrogen) atoms. The van der Waals surface area contributed by atoms with Gasteiger partial charge in [-0.3, -0.25) is 9.69 Å². The fraction of sp³-hybridized carbons (Fsp3) is 0.654. The van der Waals surface area contributed by atoms with E-state index in [0.717, 1.165) is 38.2 Å². The first-order valence-corrected chi connectivity index (χ1v) is 11.8. The molecule has 7 heteroatoms. The second kappa shape index (κ2) is 10.1. The van der Waals surface area contributed by atoms with Gasteiger partial charge in [-0.1, -0.05) is 45.4 Å². The normalized spacial score (nSPS) is 19.5. The van der Waals surface area contributed by atoms with E-state index in [0.29, 0.717) is 11.7 Å². The molecule has 1 amide bonds. The van der Waals surface area contributed by atoms with Crippen LogP contribution in [0.15, 0.2) is 23.8 Å². The van der Waals surface area contributed by atoms with Gasteiger partial charge in [0.15, 0.2) is 0 Å². The molecule has 0 radical (unpaired) electrons. The van der Waals surface area contributed by atoms with Crippen molar-refractivity contribution in [2.24, 2.45) is 17.3 Å². The van der Waals surface area contributed by atoms with E-state index in [2.05, 4.69) is 38.7 Å². The summed E-state index contributed by atoms with van der Waals surface area (Å²) in [6.07, 6.45) is -1.89. The number of amides is 1. The molecule has 1 saturated heterocycles. The van der Waals surface area contributed by atoms with Crippen LogP contribution in [0.1, 0.15) is 51.7 Å². The van der Waals surface area contributed by atoms with Gasteiger partial charge in [0.25, 0.3) is 0 Å². The summed E-state index contributed by atoms with van der Waals surface area (Å²) in [4.78, 5) is 16.9. The molecule has 184 valence electrons. The molecule has 0 unspecified atom stereocenters. The van der Waals surface area contributed by atoms with Crippen LogP contribution in [0.2, 0.25) is 0 Å². The van der Waals surface area contributed by atoms with Crippen LogP contribution in [-0.4, -0.2) is 61.7 Å². The molecule has 1 aliphatic carbocycles. The second-order valence-electron chi connectivity index (χ2n) is 10.9. The van der Waals surface area contributed by atoms with Gasteiger partial charge in [-0.25, -0.2) is 0 Å². The van der Waals surface area contributed by atoms with Gasteiger partial charge in [-0.2, -0.15) is 13.2 Å². The highest BCUT2D eigenvalue weighted by Gasteiger charge is 2.36. The SMILES string of the molecule is C[C@H]1Cc2cc(OCCCC(F)(F)F)ccc2C=C1CN1CC(C(=O)N(C)CC(C)(C)C)C1. The first-order valence-electron chi connectivity index (χ1n) is 11.8. The molecule has 3 rings (SSSR count). The van der Waals surface area contributed by atoms with Crippen LogP contribution in [0, 0.1) is 17.3 Å². The lowest BCUT2D eigenvalue weighted by Crippen LogP contribution is -2.55. The van der Waals surface area contributed by atoms with Crippen molar-refractivity contribution in [1.82, 2.24) is 9.80 Å². The minimum absolute atomic E-state index is 0.0354. The van der Waals surface area contributed by atoms with Gasteiger partial charge in [0.2, 0.25) is 5.91 Å². The van der Waals surface area contributed by atoms with Crippen molar-refractivity contribution >= 4 is 12.0 Å². The number of carbonyl (C=O) groups is 1. The number of nitrogens with zero attached hydrogens (tertiary/aromatic N) is 2. The summed E-state index contributed by atoms with van der Waals surface area (Å²) in [6, 6.07) is 5.78. The van der Waals surface area contributed by atoms with Gasteiger partial charge in [0, 0.05) is 39.6 Å². The van der Waals surface area contributed by atoms with Crippen molar-refractivity contribution in [1.29, 1.82) is 0 Å². The van der Waals surface area contributed by atoms with Crippen molar-refractivity contribution in [3.63, 3.8) is 0 Å². The molecule has 1 aliphatic heterocycles. The van der Waals surface area contributed by atoms with Crippen LogP contribution < -0.4 is 4.74 Å². The Morgan fingerprint density at radius 2 is 1.91 bits per heavy atom. The topological polar surface area (TPSA) is 32.8 Å². The second-order valence-corrected chi connectivity index (χ2v) is 10.9. The maximum absolute atomic E-state index is 12.7. The van der Waals surface area contributed by atoms with Crippen molar-refractivity contribution in [2.75, 3.05) is 39.8 Å². The first kappa shape index (κ1) is 25.6. The lowest BCUT2D eigenvalue weighted by atomic mass is 9.83. The predicted molar refractivity (Wildman–Crippen MR) is 125 cm³/mol. The minimum atomic E-state index is -4.14. The molecule has 0 saturated carbocycles. The number of ether oxygens (including phenoxy) is 1. The third kappa shape index (κ3) is 7.49. The number of carbonyl (C=O) groups excluding carboxylic acids is 1. The molecule has 1 aromatic rings. The van der Waals surface area contributed by atoms with Gasteiger partial charge in [0.05, 0.1) is 12.5 Å². The lowest BCUT2D eigenvalue weighted by Gasteiger charge is -2.42. The maximum atomic E-state index is 12.7. The monoisotopic (exact) mass is 466 g/mol. The van der Waals surface area contributed by atoms with E-state index >= 15 is 0 Å². The largest absolute Gasteiger partial charge is 0.494 e. The molecule has 0 N–H and O–H groups in total. The molecule has 1 aromatic carbocycles. The average Bonchev–Trinajstić information content (AvgIpc) is 2.65. The van der Waals surface area contributed by atoms with Gasteiger partial charge in [-0.05, 0) is 47.4 Å². The molecular formula is C26H37F3N2O2. The third-order valence-corrected chi connectivity index (χ3v) is 6.29. The van der Waals surface area contributed by atoms with Crippen molar-refractivity contribution < 1.29 is 22.7 Å². The molecule has 0 aromatic heterocycles. The standard InChI is InChI=1S/C26H37F3N2O2/c1-18-11-20-13-23(33-10-6-9-26(27,28)29)8-7-19(20)12-21(18)14-31-15-22(16-31)24(32)30(5)17-25(2,3)4/h7-8,12-13,18,22H,6,9-11,14-17H2,1-5H3/t18-/m0/s1. The highest BCUT2D eigenvalue weighted by atomic mass is 19.4. The average molecular weight is 467 g/mol. The number of fused-ring (bicyclic) bond motifs is 1. The van der Waals surface area contributed by atoms with Gasteiger partial charge >= 0.3 is 6.18 Å². The summed E-state index contributed by atoms with van der Waals surface area (Å²) >= 11 is 0. The van der Waals surface area contributed by atoms with Crippen LogP contribution in [0.4, 0.5) is 13.2 Å². The van der Waals surface area contributed by atoms with Crippen molar-refractivity contribution in [2.45, 2.75) is 53.1 Å². The lowest BCUT2D eigenvalue weighted by molar-refractivity contribution is -0.140. The summed E-state index contributed by atoms with van der Waals surface area (Å²) < 4.78 is 42.4. The number of halogens is 3. The summed E-state index contributed by atoms with van der Waals surface area (Å²) in [5.74, 6) is 1.32. The Labute approximate surface area is 195 Å². The van der Waals surface area contributed by atoms with Crippen molar-refractivity contribution in [3.05, 3.63) is 34.9 Å². The van der Waals surface area contributed by atoms with Crippen LogP contribution in [0.3, 0.4) is 0 Å². The van der Waals surface area contributed by atoms with E-state index in [1.807, 2.05) is 30.1 Å². The first-order chi connectivity index (χ1) is 15.3. The van der Waals surface area contributed by atoms with Crippen molar-refractivity contribution in [3.8, 4) is 5.75 Å². The highest BCUT2D eigenvalue weighted by molar-refractivity contribution is 5.80. The Morgan fingerprint density at radius 1 is 1.21 bits per heavy atom. The zero-order chi connectivity index (χ0) is 24.4. The van der Waals surface area contributed by atoms with Crippen LogP contribution in [0.25, 0.3) is 6.08 Å². The van der Waals surface area contributed by atoms with Gasteiger partial charge in [0.1, 0.15) is 5.75 Å². The predicted octanol–water partition coefficient (Wildman–Crippen LogP) is 5.42.